The van der Waals surface area contributed by atoms with E-state index in [2.05, 4.69) is 0 Å². The lowest BCUT2D eigenvalue weighted by molar-refractivity contribution is -0.190. The summed E-state index contributed by atoms with van der Waals surface area (Å²) in [5.74, 6) is 0. The van der Waals surface area contributed by atoms with E-state index < -0.39 is 12.2 Å². The van der Waals surface area contributed by atoms with Crippen LogP contribution >= 0.6 is 0 Å². The lowest BCUT2D eigenvalue weighted by Crippen LogP contribution is -2.50. The molecule has 1 saturated heterocycles. The van der Waals surface area contributed by atoms with Gasteiger partial charge in [0, 0.05) is 19.3 Å². The average Bonchev–Trinajstić information content (AvgIpc) is 2.25. The molecule has 1 heterocycles. The normalized spacial score (nSPS) is 21.4. The van der Waals surface area contributed by atoms with Crippen LogP contribution in [0.1, 0.15) is 19.3 Å². The Labute approximate surface area is 93.7 Å². The molecule has 0 amide bonds. The van der Waals surface area contributed by atoms with Crippen LogP contribution in [-0.2, 0) is 4.74 Å². The average molecular weight is 240 g/mol. The van der Waals surface area contributed by atoms with Gasteiger partial charge in [-0.05, 0) is 32.9 Å². The molecule has 0 saturated carbocycles. The fourth-order valence-electron chi connectivity index (χ4n) is 2.10. The molecule has 1 fully saturated rings. The van der Waals surface area contributed by atoms with Crippen molar-refractivity contribution < 1.29 is 17.9 Å². The Morgan fingerprint density at radius 3 is 2.38 bits per heavy atom. The highest BCUT2D eigenvalue weighted by Gasteiger charge is 2.43. The SMILES string of the molecule is CN(C1CCOCC1)C(CCN)C(F)(F)F. The zero-order valence-electron chi connectivity index (χ0n) is 9.46. The number of hydrogen-bond acceptors (Lipinski definition) is 3. The van der Waals surface area contributed by atoms with Gasteiger partial charge in [0.15, 0.2) is 0 Å². The van der Waals surface area contributed by atoms with Crippen molar-refractivity contribution in [1.29, 1.82) is 0 Å². The Bertz CT molecular complexity index is 205. The summed E-state index contributed by atoms with van der Waals surface area (Å²) in [4.78, 5) is 1.41. The molecule has 0 radical (unpaired) electrons. The summed E-state index contributed by atoms with van der Waals surface area (Å²) in [6, 6.07) is -1.48. The smallest absolute Gasteiger partial charge is 0.381 e. The fraction of sp³-hybridized carbons (Fsp3) is 1.00. The molecule has 1 unspecified atom stereocenters. The Hall–Kier alpha value is -0.330. The summed E-state index contributed by atoms with van der Waals surface area (Å²) >= 11 is 0. The van der Waals surface area contributed by atoms with E-state index in [9.17, 15) is 13.2 Å². The van der Waals surface area contributed by atoms with Crippen LogP contribution in [0.5, 0.6) is 0 Å². The van der Waals surface area contributed by atoms with Crippen LogP contribution in [0, 0.1) is 0 Å². The first-order valence-electron chi connectivity index (χ1n) is 5.53. The van der Waals surface area contributed by atoms with E-state index in [0.717, 1.165) is 0 Å². The maximum Gasteiger partial charge on any atom is 0.404 e. The topological polar surface area (TPSA) is 38.5 Å². The molecule has 96 valence electrons. The minimum absolute atomic E-state index is 0.0443. The van der Waals surface area contributed by atoms with Gasteiger partial charge in [0.25, 0.3) is 0 Å². The second-order valence-electron chi connectivity index (χ2n) is 4.14. The molecule has 6 heteroatoms. The quantitative estimate of drug-likeness (QED) is 0.806. The molecular weight excluding hydrogens is 221 g/mol. The molecule has 16 heavy (non-hydrogen) atoms. The van der Waals surface area contributed by atoms with Crippen LogP contribution in [0.3, 0.4) is 0 Å². The van der Waals surface area contributed by atoms with E-state index in [4.69, 9.17) is 10.5 Å². The Balaban J connectivity index is 2.61. The van der Waals surface area contributed by atoms with Gasteiger partial charge in [0.2, 0.25) is 0 Å². The highest BCUT2D eigenvalue weighted by Crippen LogP contribution is 2.29. The number of rotatable bonds is 4. The molecule has 2 N–H and O–H groups in total. The molecule has 0 aromatic carbocycles. The molecule has 1 aliphatic heterocycles. The summed E-state index contributed by atoms with van der Waals surface area (Å²) < 4.78 is 43.5. The van der Waals surface area contributed by atoms with E-state index in [0.29, 0.717) is 26.1 Å². The summed E-state index contributed by atoms with van der Waals surface area (Å²) in [5, 5.41) is 0. The summed E-state index contributed by atoms with van der Waals surface area (Å²) in [7, 11) is 1.53. The highest BCUT2D eigenvalue weighted by atomic mass is 19.4. The largest absolute Gasteiger partial charge is 0.404 e. The van der Waals surface area contributed by atoms with E-state index in [1.165, 1.54) is 11.9 Å². The monoisotopic (exact) mass is 240 g/mol. The first-order valence-corrected chi connectivity index (χ1v) is 5.53. The zero-order valence-corrected chi connectivity index (χ0v) is 9.46. The van der Waals surface area contributed by atoms with Gasteiger partial charge in [-0.15, -0.1) is 0 Å². The van der Waals surface area contributed by atoms with Gasteiger partial charge in [-0.3, -0.25) is 4.90 Å². The third kappa shape index (κ3) is 3.61. The Morgan fingerprint density at radius 1 is 1.38 bits per heavy atom. The minimum Gasteiger partial charge on any atom is -0.381 e. The molecule has 1 aliphatic rings. The second-order valence-corrected chi connectivity index (χ2v) is 4.14. The van der Waals surface area contributed by atoms with Crippen LogP contribution in [0.2, 0.25) is 0 Å². The van der Waals surface area contributed by atoms with Crippen LogP contribution in [0.25, 0.3) is 0 Å². The summed E-state index contributed by atoms with van der Waals surface area (Å²) in [6.45, 7) is 1.14. The third-order valence-electron chi connectivity index (χ3n) is 3.08. The van der Waals surface area contributed by atoms with E-state index in [-0.39, 0.29) is 19.0 Å². The maximum atomic E-state index is 12.8. The van der Waals surface area contributed by atoms with Gasteiger partial charge in [-0.2, -0.15) is 13.2 Å². The van der Waals surface area contributed by atoms with Crippen LogP contribution in [-0.4, -0.2) is 50.0 Å². The molecule has 0 bridgehead atoms. The van der Waals surface area contributed by atoms with Crippen molar-refractivity contribution in [3.63, 3.8) is 0 Å². The molecule has 0 aliphatic carbocycles. The van der Waals surface area contributed by atoms with Crippen LogP contribution in [0.15, 0.2) is 0 Å². The van der Waals surface area contributed by atoms with Crippen LogP contribution in [0.4, 0.5) is 13.2 Å². The molecule has 0 spiro atoms. The van der Waals surface area contributed by atoms with Crippen molar-refractivity contribution >= 4 is 0 Å². The number of alkyl halides is 3. The van der Waals surface area contributed by atoms with Gasteiger partial charge in [-0.1, -0.05) is 0 Å². The Kier molecular flexibility index (Phi) is 5.01. The van der Waals surface area contributed by atoms with E-state index >= 15 is 0 Å². The van der Waals surface area contributed by atoms with Gasteiger partial charge >= 0.3 is 6.18 Å². The van der Waals surface area contributed by atoms with Crippen molar-refractivity contribution in [3.05, 3.63) is 0 Å². The molecular formula is C10H19F3N2O. The fourth-order valence-corrected chi connectivity index (χ4v) is 2.10. The molecule has 0 aromatic rings. The minimum atomic E-state index is -4.20. The highest BCUT2D eigenvalue weighted by molar-refractivity contribution is 4.83. The second kappa shape index (κ2) is 5.84. The number of hydrogen-bond donors (Lipinski definition) is 1. The van der Waals surface area contributed by atoms with Crippen molar-refractivity contribution in [2.75, 3.05) is 26.8 Å². The van der Waals surface area contributed by atoms with Gasteiger partial charge in [0.1, 0.15) is 6.04 Å². The first-order chi connectivity index (χ1) is 7.46. The number of nitrogens with two attached hydrogens (primary N) is 1. The van der Waals surface area contributed by atoms with Crippen molar-refractivity contribution in [1.82, 2.24) is 4.90 Å². The van der Waals surface area contributed by atoms with E-state index in [1.807, 2.05) is 0 Å². The third-order valence-corrected chi connectivity index (χ3v) is 3.08. The predicted molar refractivity (Wildman–Crippen MR) is 55.1 cm³/mol. The standard InChI is InChI=1S/C10H19F3N2O/c1-15(8-3-6-16-7-4-8)9(2-5-14)10(11,12)13/h8-9H,2-7,14H2,1H3. The number of halogens is 3. The summed E-state index contributed by atoms with van der Waals surface area (Å²) in [6.07, 6.45) is -2.93. The maximum absolute atomic E-state index is 12.8. The van der Waals surface area contributed by atoms with Crippen LogP contribution < -0.4 is 5.73 Å². The van der Waals surface area contributed by atoms with Crippen molar-refractivity contribution in [3.8, 4) is 0 Å². The summed E-state index contributed by atoms with van der Waals surface area (Å²) in [5.41, 5.74) is 5.24. The van der Waals surface area contributed by atoms with Gasteiger partial charge < -0.3 is 10.5 Å². The number of ether oxygens (including phenoxy) is 1. The van der Waals surface area contributed by atoms with Crippen molar-refractivity contribution in [2.45, 2.75) is 37.5 Å². The lowest BCUT2D eigenvalue weighted by Gasteiger charge is -2.37. The molecule has 1 atom stereocenters. The zero-order chi connectivity index (χ0) is 12.2. The molecule has 1 rings (SSSR count). The van der Waals surface area contributed by atoms with Gasteiger partial charge in [-0.25, -0.2) is 0 Å². The molecule has 3 nitrogen and oxygen atoms in total. The van der Waals surface area contributed by atoms with Gasteiger partial charge in [0.05, 0.1) is 0 Å². The first kappa shape index (κ1) is 13.7. The Morgan fingerprint density at radius 2 is 1.94 bits per heavy atom. The van der Waals surface area contributed by atoms with Crippen molar-refractivity contribution in [2.24, 2.45) is 5.73 Å². The lowest BCUT2D eigenvalue weighted by atomic mass is 10.0. The van der Waals surface area contributed by atoms with E-state index in [1.54, 1.807) is 0 Å². The predicted octanol–water partition coefficient (Wildman–Crippen LogP) is 1.38. The molecule has 0 aromatic heterocycles. The number of nitrogens with zero attached hydrogens (tertiary/aromatic N) is 1.